The lowest BCUT2D eigenvalue weighted by Gasteiger charge is -2.32. The van der Waals surface area contributed by atoms with E-state index in [4.69, 9.17) is 0 Å². The molecule has 1 N–H and O–H groups in total. The summed E-state index contributed by atoms with van der Waals surface area (Å²) in [6, 6.07) is 4.76. The van der Waals surface area contributed by atoms with Crippen molar-refractivity contribution in [1.29, 1.82) is 0 Å². The zero-order valence-corrected chi connectivity index (χ0v) is 15.2. The number of piperidine rings is 1. The summed E-state index contributed by atoms with van der Waals surface area (Å²) in [5.41, 5.74) is 0.850. The topological polar surface area (TPSA) is 32.3 Å². The third kappa shape index (κ3) is 5.52. The van der Waals surface area contributed by atoms with E-state index in [0.717, 1.165) is 44.6 Å². The number of carbonyl (C=O) groups excluding carboxylic acids is 1. The van der Waals surface area contributed by atoms with Crippen LogP contribution in [0.5, 0.6) is 0 Å². The molecule has 2 rings (SSSR count). The Morgan fingerprint density at radius 3 is 2.68 bits per heavy atom. The smallest absolute Gasteiger partial charge is 0.226 e. The van der Waals surface area contributed by atoms with Crippen LogP contribution in [-0.2, 0) is 11.2 Å². The minimum absolute atomic E-state index is 0. The maximum atomic E-state index is 13.2. The Labute approximate surface area is 146 Å². The lowest BCUT2D eigenvalue weighted by atomic mass is 9.96. The Balaban J connectivity index is 0.00000242. The molecule has 1 aromatic carbocycles. The number of nitrogens with one attached hydrogen (secondary N) is 1. The van der Waals surface area contributed by atoms with Crippen LogP contribution in [0.3, 0.4) is 0 Å². The summed E-state index contributed by atoms with van der Waals surface area (Å²) < 4.78 is 13.6. The summed E-state index contributed by atoms with van der Waals surface area (Å²) in [5, 5.41) is 3.37. The molecule has 0 radical (unpaired) electrons. The Kier molecular flexibility index (Phi) is 8.36. The Bertz CT molecular complexity index is 493. The molecule has 0 unspecified atom stereocenters. The van der Waals surface area contributed by atoms with Crippen LogP contribution in [-0.4, -0.2) is 37.0 Å². The molecule has 0 saturated carbocycles. The van der Waals surface area contributed by atoms with E-state index in [1.165, 1.54) is 6.07 Å². The number of amides is 1. The zero-order valence-electron chi connectivity index (χ0n) is 12.8. The first-order valence-corrected chi connectivity index (χ1v) is 8.32. The number of hydrogen-bond acceptors (Lipinski definition) is 2. The lowest BCUT2D eigenvalue weighted by molar-refractivity contribution is -0.131. The fourth-order valence-electron chi connectivity index (χ4n) is 2.67. The first-order chi connectivity index (χ1) is 10.1. The number of carbonyl (C=O) groups is 1. The summed E-state index contributed by atoms with van der Waals surface area (Å²) in [4.78, 5) is 14.2. The highest BCUT2D eigenvalue weighted by Crippen LogP contribution is 2.20. The third-order valence-corrected chi connectivity index (χ3v) is 4.60. The molecular formula is C16H23BrClFN2O. The van der Waals surface area contributed by atoms with Crippen molar-refractivity contribution in [2.45, 2.75) is 26.2 Å². The van der Waals surface area contributed by atoms with Crippen LogP contribution in [0, 0.1) is 11.7 Å². The molecule has 1 amide bonds. The van der Waals surface area contributed by atoms with Crippen LogP contribution in [0.2, 0.25) is 0 Å². The summed E-state index contributed by atoms with van der Waals surface area (Å²) in [6.07, 6.45) is 2.47. The predicted octanol–water partition coefficient (Wildman–Crippen LogP) is 3.40. The first-order valence-electron chi connectivity index (χ1n) is 7.52. The normalized spacial score (nSPS) is 15.5. The van der Waals surface area contributed by atoms with E-state index in [0.29, 0.717) is 16.8 Å². The molecule has 6 heteroatoms. The summed E-state index contributed by atoms with van der Waals surface area (Å²) in [7, 11) is 0. The Morgan fingerprint density at radius 2 is 2.09 bits per heavy atom. The summed E-state index contributed by atoms with van der Waals surface area (Å²) in [6.45, 7) is 5.82. The van der Waals surface area contributed by atoms with Crippen LogP contribution in [0.15, 0.2) is 22.7 Å². The Morgan fingerprint density at radius 1 is 1.41 bits per heavy atom. The van der Waals surface area contributed by atoms with Gasteiger partial charge in [0.25, 0.3) is 0 Å². The van der Waals surface area contributed by atoms with E-state index in [1.54, 1.807) is 12.1 Å². The molecule has 0 aromatic heterocycles. The average Bonchev–Trinajstić information content (AvgIpc) is 2.49. The number of benzene rings is 1. The minimum atomic E-state index is -0.296. The zero-order chi connectivity index (χ0) is 15.2. The van der Waals surface area contributed by atoms with Crippen molar-refractivity contribution in [3.05, 3.63) is 34.1 Å². The van der Waals surface area contributed by atoms with Gasteiger partial charge in [-0.3, -0.25) is 4.79 Å². The van der Waals surface area contributed by atoms with Gasteiger partial charge in [-0.15, -0.1) is 12.4 Å². The molecule has 124 valence electrons. The molecule has 0 spiro atoms. The molecule has 1 aromatic rings. The highest BCUT2D eigenvalue weighted by molar-refractivity contribution is 9.10. The van der Waals surface area contributed by atoms with Gasteiger partial charge in [-0.25, -0.2) is 4.39 Å². The average molecular weight is 394 g/mol. The van der Waals surface area contributed by atoms with Crippen LogP contribution >= 0.6 is 28.3 Å². The fraction of sp³-hybridized carbons (Fsp3) is 0.562. The number of rotatable bonds is 5. The molecule has 3 nitrogen and oxygen atoms in total. The van der Waals surface area contributed by atoms with Crippen molar-refractivity contribution >= 4 is 34.2 Å². The number of hydrogen-bond donors (Lipinski definition) is 1. The van der Waals surface area contributed by atoms with Gasteiger partial charge in [0.2, 0.25) is 5.91 Å². The number of likely N-dealkylation sites (tertiary alicyclic amines) is 1. The quantitative estimate of drug-likeness (QED) is 0.831. The molecule has 0 bridgehead atoms. The van der Waals surface area contributed by atoms with Gasteiger partial charge in [-0.2, -0.15) is 0 Å². The van der Waals surface area contributed by atoms with Gasteiger partial charge in [-0.05, 0) is 65.5 Å². The lowest BCUT2D eigenvalue weighted by Crippen LogP contribution is -2.41. The second-order valence-corrected chi connectivity index (χ2v) is 6.41. The third-order valence-electron chi connectivity index (χ3n) is 3.99. The van der Waals surface area contributed by atoms with Crippen molar-refractivity contribution in [2.24, 2.45) is 5.92 Å². The van der Waals surface area contributed by atoms with Crippen LogP contribution < -0.4 is 5.32 Å². The summed E-state index contributed by atoms with van der Waals surface area (Å²) in [5.74, 6) is 0.514. The molecule has 1 saturated heterocycles. The van der Waals surface area contributed by atoms with Gasteiger partial charge in [0.15, 0.2) is 0 Å². The summed E-state index contributed by atoms with van der Waals surface area (Å²) >= 11 is 3.16. The van der Waals surface area contributed by atoms with Crippen molar-refractivity contribution in [3.63, 3.8) is 0 Å². The highest BCUT2D eigenvalue weighted by atomic mass is 79.9. The van der Waals surface area contributed by atoms with Gasteiger partial charge in [0.05, 0.1) is 10.9 Å². The van der Waals surface area contributed by atoms with Crippen LogP contribution in [0.1, 0.15) is 25.3 Å². The van der Waals surface area contributed by atoms with E-state index in [1.807, 2.05) is 4.90 Å². The van der Waals surface area contributed by atoms with Crippen molar-refractivity contribution in [3.8, 4) is 0 Å². The SMILES string of the molecule is CCNCC1CCN(C(=O)Cc2ccc(F)c(Br)c2)CC1.Cl. The molecule has 1 aliphatic heterocycles. The molecular weight excluding hydrogens is 371 g/mol. The molecule has 0 atom stereocenters. The molecule has 1 aliphatic rings. The number of halogens is 3. The van der Waals surface area contributed by atoms with Gasteiger partial charge < -0.3 is 10.2 Å². The monoisotopic (exact) mass is 392 g/mol. The molecule has 1 fully saturated rings. The van der Waals surface area contributed by atoms with Crippen LogP contribution in [0.4, 0.5) is 4.39 Å². The predicted molar refractivity (Wildman–Crippen MR) is 92.9 cm³/mol. The van der Waals surface area contributed by atoms with Gasteiger partial charge >= 0.3 is 0 Å². The Hall–Kier alpha value is -0.650. The maximum Gasteiger partial charge on any atom is 0.226 e. The van der Waals surface area contributed by atoms with Crippen LogP contribution in [0.25, 0.3) is 0 Å². The second-order valence-electron chi connectivity index (χ2n) is 5.56. The van der Waals surface area contributed by atoms with Crippen molar-refractivity contribution in [1.82, 2.24) is 10.2 Å². The standard InChI is InChI=1S/C16H22BrFN2O.ClH/c1-2-19-11-12-5-7-20(8-6-12)16(21)10-13-3-4-15(18)14(17)9-13;/h3-4,9,12,19H,2,5-8,10-11H2,1H3;1H. The molecule has 22 heavy (non-hydrogen) atoms. The molecule has 0 aliphatic carbocycles. The van der Waals surface area contributed by atoms with E-state index in [-0.39, 0.29) is 24.1 Å². The number of nitrogens with zero attached hydrogens (tertiary/aromatic N) is 1. The van der Waals surface area contributed by atoms with Gasteiger partial charge in [0.1, 0.15) is 5.82 Å². The van der Waals surface area contributed by atoms with Gasteiger partial charge in [0, 0.05) is 13.1 Å². The molecule has 1 heterocycles. The van der Waals surface area contributed by atoms with Crippen molar-refractivity contribution < 1.29 is 9.18 Å². The van der Waals surface area contributed by atoms with Gasteiger partial charge in [-0.1, -0.05) is 13.0 Å². The minimum Gasteiger partial charge on any atom is -0.342 e. The second kappa shape index (κ2) is 9.48. The van der Waals surface area contributed by atoms with Crippen molar-refractivity contribution in [2.75, 3.05) is 26.2 Å². The van der Waals surface area contributed by atoms with E-state index in [9.17, 15) is 9.18 Å². The van der Waals surface area contributed by atoms with E-state index >= 15 is 0 Å². The fourth-order valence-corrected chi connectivity index (χ4v) is 3.10. The van der Waals surface area contributed by atoms with E-state index in [2.05, 4.69) is 28.2 Å². The van der Waals surface area contributed by atoms with E-state index < -0.39 is 0 Å². The first kappa shape index (κ1) is 19.4. The maximum absolute atomic E-state index is 13.2. The highest BCUT2D eigenvalue weighted by Gasteiger charge is 2.22. The largest absolute Gasteiger partial charge is 0.342 e.